The average molecular weight is 201 g/mol. The normalized spacial score (nSPS) is 25.7. The summed E-state index contributed by atoms with van der Waals surface area (Å²) < 4.78 is 0. The molecule has 2 atom stereocenters. The Bertz CT molecular complexity index is 165. The lowest BCUT2D eigenvalue weighted by Crippen LogP contribution is -2.41. The van der Waals surface area contributed by atoms with Gasteiger partial charge in [-0.3, -0.25) is 0 Å². The zero-order valence-electron chi connectivity index (χ0n) is 9.08. The molecule has 0 spiro atoms. The van der Waals surface area contributed by atoms with E-state index in [0.717, 1.165) is 12.8 Å². The number of nitrogens with two attached hydrogens (primary N) is 1. The van der Waals surface area contributed by atoms with Gasteiger partial charge < -0.3 is 15.9 Å². The molecule has 0 aromatic heterocycles. The molecule has 0 saturated heterocycles. The van der Waals surface area contributed by atoms with Crippen molar-refractivity contribution in [2.75, 3.05) is 6.54 Å². The largest absolute Gasteiger partial charge is 0.392 e. The molecule has 1 saturated carbocycles. The van der Waals surface area contributed by atoms with Gasteiger partial charge in [0.05, 0.1) is 11.7 Å². The van der Waals surface area contributed by atoms with Crippen LogP contribution in [-0.4, -0.2) is 28.5 Å². The van der Waals surface area contributed by atoms with Crippen molar-refractivity contribution >= 4 is 0 Å². The predicted octanol–water partition coefficient (Wildman–Crippen LogP) is 1.03. The van der Waals surface area contributed by atoms with E-state index in [1.54, 1.807) is 0 Å². The number of hydrogen-bond donors (Lipinski definition) is 3. The maximum Gasteiger partial charge on any atom is 0.0689 e. The van der Waals surface area contributed by atoms with Crippen LogP contribution in [-0.2, 0) is 0 Å². The van der Waals surface area contributed by atoms with Crippen LogP contribution < -0.4 is 5.73 Å². The van der Waals surface area contributed by atoms with E-state index in [2.05, 4.69) is 0 Å². The Labute approximate surface area is 86.3 Å². The Kier molecular flexibility index (Phi) is 4.35. The highest BCUT2D eigenvalue weighted by atomic mass is 16.3. The molecule has 1 rings (SSSR count). The van der Waals surface area contributed by atoms with Crippen LogP contribution in [0.5, 0.6) is 0 Å². The molecule has 0 bridgehead atoms. The van der Waals surface area contributed by atoms with Crippen molar-refractivity contribution in [3.05, 3.63) is 0 Å². The summed E-state index contributed by atoms with van der Waals surface area (Å²) in [5.41, 5.74) is 4.61. The summed E-state index contributed by atoms with van der Waals surface area (Å²) in [7, 11) is 0. The Morgan fingerprint density at radius 3 is 2.43 bits per heavy atom. The van der Waals surface area contributed by atoms with E-state index in [-0.39, 0.29) is 6.54 Å². The molecule has 3 heteroatoms. The lowest BCUT2D eigenvalue weighted by atomic mass is 9.75. The van der Waals surface area contributed by atoms with Gasteiger partial charge in [0.15, 0.2) is 0 Å². The second-order valence-electron chi connectivity index (χ2n) is 4.79. The van der Waals surface area contributed by atoms with Crippen LogP contribution in [0.1, 0.15) is 45.4 Å². The van der Waals surface area contributed by atoms with Gasteiger partial charge in [0, 0.05) is 13.0 Å². The van der Waals surface area contributed by atoms with Crippen molar-refractivity contribution in [1.29, 1.82) is 0 Å². The van der Waals surface area contributed by atoms with Crippen molar-refractivity contribution in [1.82, 2.24) is 0 Å². The molecule has 14 heavy (non-hydrogen) atoms. The second-order valence-corrected chi connectivity index (χ2v) is 4.79. The second kappa shape index (κ2) is 5.10. The quantitative estimate of drug-likeness (QED) is 0.636. The molecule has 0 radical (unpaired) electrons. The fourth-order valence-electron chi connectivity index (χ4n) is 2.45. The van der Waals surface area contributed by atoms with Crippen LogP contribution in [0.15, 0.2) is 0 Å². The van der Waals surface area contributed by atoms with E-state index in [0.29, 0.717) is 12.3 Å². The van der Waals surface area contributed by atoms with Crippen molar-refractivity contribution in [2.45, 2.75) is 57.2 Å². The zero-order chi connectivity index (χ0) is 10.6. The van der Waals surface area contributed by atoms with Crippen LogP contribution in [0, 0.1) is 5.92 Å². The minimum absolute atomic E-state index is 0.239. The monoisotopic (exact) mass is 201 g/mol. The van der Waals surface area contributed by atoms with E-state index in [4.69, 9.17) is 5.73 Å². The fraction of sp³-hybridized carbons (Fsp3) is 1.00. The maximum atomic E-state index is 10.2. The molecule has 0 aromatic rings. The minimum atomic E-state index is -0.737. The maximum absolute atomic E-state index is 10.2. The van der Waals surface area contributed by atoms with Crippen LogP contribution in [0.4, 0.5) is 0 Å². The molecule has 0 unspecified atom stereocenters. The molecule has 4 N–H and O–H groups in total. The fourth-order valence-corrected chi connectivity index (χ4v) is 2.45. The minimum Gasteiger partial charge on any atom is -0.392 e. The smallest absolute Gasteiger partial charge is 0.0689 e. The first-order chi connectivity index (χ1) is 6.56. The third-order valence-corrected chi connectivity index (χ3v) is 3.41. The number of hydrogen-bond acceptors (Lipinski definition) is 3. The highest BCUT2D eigenvalue weighted by Crippen LogP contribution is 2.34. The Balaban J connectivity index is 2.45. The van der Waals surface area contributed by atoms with Crippen LogP contribution in [0.3, 0.4) is 0 Å². The van der Waals surface area contributed by atoms with E-state index in [1.807, 2.05) is 6.92 Å². The van der Waals surface area contributed by atoms with Gasteiger partial charge in [0.25, 0.3) is 0 Å². The van der Waals surface area contributed by atoms with E-state index in [9.17, 15) is 10.2 Å². The lowest BCUT2D eigenvalue weighted by molar-refractivity contribution is -0.0510. The Hall–Kier alpha value is -0.120. The number of aliphatic hydroxyl groups is 2. The van der Waals surface area contributed by atoms with E-state index in [1.165, 1.54) is 19.3 Å². The summed E-state index contributed by atoms with van der Waals surface area (Å²) in [5, 5.41) is 19.7. The highest BCUT2D eigenvalue weighted by Gasteiger charge is 2.34. The van der Waals surface area contributed by atoms with Crippen molar-refractivity contribution in [3.8, 4) is 0 Å². The Morgan fingerprint density at radius 1 is 1.36 bits per heavy atom. The van der Waals surface area contributed by atoms with Gasteiger partial charge >= 0.3 is 0 Å². The molecule has 1 aliphatic rings. The van der Waals surface area contributed by atoms with Gasteiger partial charge in [-0.1, -0.05) is 19.3 Å². The standard InChI is InChI=1S/C11H23NO2/c1-11(14,7-10(13)8-12)9-5-3-2-4-6-9/h9-10,13-14H,2-8,12H2,1H3/t10-,11-/m1/s1. The molecule has 0 heterocycles. The number of rotatable bonds is 4. The SMILES string of the molecule is C[C@@](O)(C[C@@H](O)CN)C1CCCCC1. The summed E-state index contributed by atoms with van der Waals surface area (Å²) >= 11 is 0. The van der Waals surface area contributed by atoms with E-state index < -0.39 is 11.7 Å². The summed E-state index contributed by atoms with van der Waals surface area (Å²) in [5.74, 6) is 0.345. The third-order valence-electron chi connectivity index (χ3n) is 3.41. The van der Waals surface area contributed by atoms with Crippen LogP contribution in [0.2, 0.25) is 0 Å². The molecule has 84 valence electrons. The molecule has 0 aromatic carbocycles. The van der Waals surface area contributed by atoms with Gasteiger partial charge in [0.2, 0.25) is 0 Å². The van der Waals surface area contributed by atoms with Crippen molar-refractivity contribution in [2.24, 2.45) is 11.7 Å². The summed E-state index contributed by atoms with van der Waals surface area (Å²) in [4.78, 5) is 0. The first kappa shape index (κ1) is 12.0. The summed E-state index contributed by atoms with van der Waals surface area (Å²) in [6, 6.07) is 0. The van der Waals surface area contributed by atoms with Crippen LogP contribution >= 0.6 is 0 Å². The molecule has 1 aliphatic carbocycles. The molecule has 0 amide bonds. The van der Waals surface area contributed by atoms with Gasteiger partial charge in [-0.25, -0.2) is 0 Å². The number of aliphatic hydroxyl groups excluding tert-OH is 1. The van der Waals surface area contributed by atoms with Crippen LogP contribution in [0.25, 0.3) is 0 Å². The van der Waals surface area contributed by atoms with Gasteiger partial charge in [-0.05, 0) is 25.7 Å². The average Bonchev–Trinajstić information content (AvgIpc) is 2.18. The van der Waals surface area contributed by atoms with Crippen molar-refractivity contribution in [3.63, 3.8) is 0 Å². The van der Waals surface area contributed by atoms with Gasteiger partial charge in [0.1, 0.15) is 0 Å². The van der Waals surface area contributed by atoms with Gasteiger partial charge in [-0.2, -0.15) is 0 Å². The van der Waals surface area contributed by atoms with Crippen molar-refractivity contribution < 1.29 is 10.2 Å². The summed E-state index contributed by atoms with van der Waals surface area (Å²) in [6.07, 6.45) is 5.72. The molecule has 1 fully saturated rings. The third kappa shape index (κ3) is 3.23. The zero-order valence-corrected chi connectivity index (χ0v) is 9.08. The first-order valence-corrected chi connectivity index (χ1v) is 5.67. The Morgan fingerprint density at radius 2 is 1.93 bits per heavy atom. The molecule has 0 aliphatic heterocycles. The predicted molar refractivity (Wildman–Crippen MR) is 56.9 cm³/mol. The molecule has 3 nitrogen and oxygen atoms in total. The highest BCUT2D eigenvalue weighted by molar-refractivity contribution is 4.86. The lowest BCUT2D eigenvalue weighted by Gasteiger charge is -2.36. The van der Waals surface area contributed by atoms with Gasteiger partial charge in [-0.15, -0.1) is 0 Å². The first-order valence-electron chi connectivity index (χ1n) is 5.67. The topological polar surface area (TPSA) is 66.5 Å². The molecular formula is C11H23NO2. The summed E-state index contributed by atoms with van der Waals surface area (Å²) in [6.45, 7) is 2.07. The molecular weight excluding hydrogens is 178 g/mol. The van der Waals surface area contributed by atoms with E-state index >= 15 is 0 Å².